The molecule has 0 spiro atoms. The maximum atomic E-state index is 8.85. The van der Waals surface area contributed by atoms with Crippen molar-refractivity contribution in [3.63, 3.8) is 0 Å². The largest absolute Gasteiger partial charge is 0.395 e. The zero-order valence-electron chi connectivity index (χ0n) is 6.88. The summed E-state index contributed by atoms with van der Waals surface area (Å²) in [6.45, 7) is 3.86. The first kappa shape index (κ1) is 9.66. The van der Waals surface area contributed by atoms with Gasteiger partial charge in [0.05, 0.1) is 6.61 Å². The quantitative estimate of drug-likeness (QED) is 0.577. The van der Waals surface area contributed by atoms with Crippen LogP contribution in [-0.4, -0.2) is 36.8 Å². The molecule has 0 aliphatic carbocycles. The Hall–Kier alpha value is -0.340. The van der Waals surface area contributed by atoms with Gasteiger partial charge in [0.2, 0.25) is 0 Å². The Bertz CT molecular complexity index is 91.3. The molecule has 0 fully saturated rings. The highest BCUT2D eigenvalue weighted by atomic mass is 16.3. The first-order valence-corrected chi connectivity index (χ1v) is 3.60. The van der Waals surface area contributed by atoms with Crippen molar-refractivity contribution in [1.29, 1.82) is 0 Å². The average Bonchev–Trinajstić information content (AvgIpc) is 1.89. The minimum atomic E-state index is 0.237. The molecule has 1 unspecified atom stereocenters. The van der Waals surface area contributed by atoms with Crippen LogP contribution in [0.5, 0.6) is 0 Å². The lowest BCUT2D eigenvalue weighted by atomic mass is 10.1. The van der Waals surface area contributed by atoms with Gasteiger partial charge in [0, 0.05) is 6.04 Å². The Morgan fingerprint density at radius 2 is 2.20 bits per heavy atom. The van der Waals surface area contributed by atoms with Crippen LogP contribution >= 0.6 is 0 Å². The highest BCUT2D eigenvalue weighted by Gasteiger charge is 2.06. The molecule has 0 aliphatic rings. The van der Waals surface area contributed by atoms with E-state index in [1.807, 2.05) is 25.1 Å². The van der Waals surface area contributed by atoms with Gasteiger partial charge < -0.3 is 10.0 Å². The van der Waals surface area contributed by atoms with E-state index < -0.39 is 0 Å². The van der Waals surface area contributed by atoms with Crippen LogP contribution in [0, 0.1) is 0 Å². The molecule has 0 aromatic rings. The second-order valence-electron chi connectivity index (χ2n) is 2.67. The van der Waals surface area contributed by atoms with Crippen molar-refractivity contribution in [3.05, 3.63) is 12.7 Å². The van der Waals surface area contributed by atoms with E-state index in [1.54, 1.807) is 0 Å². The third-order valence-electron chi connectivity index (χ3n) is 1.65. The molecule has 0 aromatic heterocycles. The van der Waals surface area contributed by atoms with Crippen LogP contribution in [0.3, 0.4) is 0 Å². The smallest absolute Gasteiger partial charge is 0.0586 e. The predicted octanol–water partition coefficient (Wildman–Crippen LogP) is 0.875. The van der Waals surface area contributed by atoms with Gasteiger partial charge in [-0.2, -0.15) is 0 Å². The third-order valence-corrected chi connectivity index (χ3v) is 1.65. The number of allylic oxidation sites excluding steroid dienone is 1. The van der Waals surface area contributed by atoms with Crippen LogP contribution in [-0.2, 0) is 0 Å². The van der Waals surface area contributed by atoms with Gasteiger partial charge in [0.25, 0.3) is 0 Å². The number of hydrogen-bond donors (Lipinski definition) is 1. The number of nitrogens with zero attached hydrogens (tertiary/aromatic N) is 1. The van der Waals surface area contributed by atoms with Gasteiger partial charge in [-0.15, -0.1) is 6.58 Å². The molecule has 10 heavy (non-hydrogen) atoms. The Labute approximate surface area is 63.2 Å². The van der Waals surface area contributed by atoms with Gasteiger partial charge in [-0.1, -0.05) is 6.08 Å². The molecule has 1 atom stereocenters. The fourth-order valence-electron chi connectivity index (χ4n) is 0.823. The first-order valence-electron chi connectivity index (χ1n) is 3.60. The monoisotopic (exact) mass is 143 g/mol. The highest BCUT2D eigenvalue weighted by Crippen LogP contribution is 2.01. The minimum Gasteiger partial charge on any atom is -0.395 e. The summed E-state index contributed by atoms with van der Waals surface area (Å²) in [6.07, 6.45) is 3.85. The number of rotatable bonds is 5. The van der Waals surface area contributed by atoms with Gasteiger partial charge in [-0.25, -0.2) is 0 Å². The van der Waals surface area contributed by atoms with Gasteiger partial charge in [-0.05, 0) is 26.9 Å². The van der Waals surface area contributed by atoms with Gasteiger partial charge >= 0.3 is 0 Å². The summed E-state index contributed by atoms with van der Waals surface area (Å²) in [7, 11) is 3.95. The van der Waals surface area contributed by atoms with E-state index in [0.29, 0.717) is 0 Å². The molecular formula is C8H17NO. The molecule has 1 N–H and O–H groups in total. The molecule has 2 heteroatoms. The fraction of sp³-hybridized carbons (Fsp3) is 0.750. The molecule has 0 radical (unpaired) electrons. The Balaban J connectivity index is 3.49. The summed E-state index contributed by atoms with van der Waals surface area (Å²) < 4.78 is 0. The number of aliphatic hydroxyl groups excluding tert-OH is 1. The lowest BCUT2D eigenvalue weighted by Gasteiger charge is -2.20. The third kappa shape index (κ3) is 3.64. The second kappa shape index (κ2) is 5.45. The Kier molecular flexibility index (Phi) is 5.26. The first-order chi connectivity index (χ1) is 4.72. The van der Waals surface area contributed by atoms with Crippen molar-refractivity contribution >= 4 is 0 Å². The maximum Gasteiger partial charge on any atom is 0.0586 e. The standard InChI is InChI=1S/C8H17NO/c1-4-5-6-8(7-10)9(2)3/h4,8,10H,1,5-7H2,2-3H3. The molecule has 0 saturated carbocycles. The Morgan fingerprint density at radius 1 is 1.60 bits per heavy atom. The van der Waals surface area contributed by atoms with Crippen molar-refractivity contribution in [3.8, 4) is 0 Å². The molecular weight excluding hydrogens is 126 g/mol. The van der Waals surface area contributed by atoms with E-state index in [2.05, 4.69) is 6.58 Å². The molecule has 0 amide bonds. The summed E-state index contributed by atoms with van der Waals surface area (Å²) in [5.41, 5.74) is 0. The number of likely N-dealkylation sites (N-methyl/N-ethyl adjacent to an activating group) is 1. The molecule has 0 heterocycles. The number of aliphatic hydroxyl groups is 1. The zero-order chi connectivity index (χ0) is 7.98. The van der Waals surface area contributed by atoms with Crippen LogP contribution in [0.25, 0.3) is 0 Å². The van der Waals surface area contributed by atoms with Crippen LogP contribution in [0.2, 0.25) is 0 Å². The highest BCUT2D eigenvalue weighted by molar-refractivity contribution is 4.72. The van der Waals surface area contributed by atoms with E-state index in [9.17, 15) is 0 Å². The van der Waals surface area contributed by atoms with Crippen LogP contribution in [0.15, 0.2) is 12.7 Å². The number of hydrogen-bond acceptors (Lipinski definition) is 2. The van der Waals surface area contributed by atoms with Crippen LogP contribution in [0.4, 0.5) is 0 Å². The molecule has 0 aliphatic heterocycles. The summed E-state index contributed by atoms with van der Waals surface area (Å²) in [5.74, 6) is 0. The normalized spacial score (nSPS) is 13.6. The van der Waals surface area contributed by atoms with Crippen LogP contribution < -0.4 is 0 Å². The average molecular weight is 143 g/mol. The van der Waals surface area contributed by atoms with E-state index in [0.717, 1.165) is 12.8 Å². The zero-order valence-corrected chi connectivity index (χ0v) is 6.88. The summed E-state index contributed by atoms with van der Waals surface area (Å²) in [4.78, 5) is 2.03. The second-order valence-corrected chi connectivity index (χ2v) is 2.67. The molecule has 0 aromatic carbocycles. The fourth-order valence-corrected chi connectivity index (χ4v) is 0.823. The van der Waals surface area contributed by atoms with Crippen molar-refractivity contribution in [2.45, 2.75) is 18.9 Å². The van der Waals surface area contributed by atoms with E-state index in [4.69, 9.17) is 5.11 Å². The van der Waals surface area contributed by atoms with E-state index in [1.165, 1.54) is 0 Å². The predicted molar refractivity (Wildman–Crippen MR) is 44.0 cm³/mol. The molecule has 0 rings (SSSR count). The van der Waals surface area contributed by atoms with Gasteiger partial charge in [-0.3, -0.25) is 0 Å². The molecule has 2 nitrogen and oxygen atoms in total. The SMILES string of the molecule is C=CCCC(CO)N(C)C. The minimum absolute atomic E-state index is 0.237. The van der Waals surface area contributed by atoms with E-state index in [-0.39, 0.29) is 12.6 Å². The lowest BCUT2D eigenvalue weighted by molar-refractivity contribution is 0.162. The van der Waals surface area contributed by atoms with E-state index >= 15 is 0 Å². The maximum absolute atomic E-state index is 8.85. The van der Waals surface area contributed by atoms with Crippen molar-refractivity contribution in [2.24, 2.45) is 0 Å². The summed E-state index contributed by atoms with van der Waals surface area (Å²) in [6, 6.07) is 0.290. The summed E-state index contributed by atoms with van der Waals surface area (Å²) in [5, 5.41) is 8.85. The molecule has 60 valence electrons. The van der Waals surface area contributed by atoms with Crippen molar-refractivity contribution < 1.29 is 5.11 Å². The topological polar surface area (TPSA) is 23.5 Å². The van der Waals surface area contributed by atoms with Crippen LogP contribution in [0.1, 0.15) is 12.8 Å². The van der Waals surface area contributed by atoms with Crippen molar-refractivity contribution in [2.75, 3.05) is 20.7 Å². The molecule has 0 saturated heterocycles. The summed E-state index contributed by atoms with van der Waals surface area (Å²) >= 11 is 0. The van der Waals surface area contributed by atoms with Gasteiger partial charge in [0.1, 0.15) is 0 Å². The lowest BCUT2D eigenvalue weighted by Crippen LogP contribution is -2.30. The van der Waals surface area contributed by atoms with Crippen molar-refractivity contribution in [1.82, 2.24) is 4.90 Å². The Morgan fingerprint density at radius 3 is 2.50 bits per heavy atom. The molecule has 0 bridgehead atoms. The van der Waals surface area contributed by atoms with Gasteiger partial charge in [0.15, 0.2) is 0 Å².